The molecular formula is C14H12O3. The average Bonchev–Trinajstić information content (AvgIpc) is 2.37. The van der Waals surface area contributed by atoms with Crippen LogP contribution in [0, 0.1) is 0 Å². The molecule has 0 aliphatic rings. The maximum absolute atomic E-state index is 11.0. The van der Waals surface area contributed by atoms with E-state index in [9.17, 15) is 9.90 Å². The molecule has 0 atom stereocenters. The highest BCUT2D eigenvalue weighted by Gasteiger charge is 2.08. The Bertz CT molecular complexity index is 573. The zero-order valence-corrected chi connectivity index (χ0v) is 9.22. The van der Waals surface area contributed by atoms with E-state index in [0.717, 1.165) is 16.8 Å². The van der Waals surface area contributed by atoms with Crippen molar-refractivity contribution in [3.8, 4) is 5.75 Å². The Balaban J connectivity index is 2.40. The number of fused-ring (bicyclic) bond motifs is 1. The van der Waals surface area contributed by atoms with Crippen molar-refractivity contribution >= 4 is 16.7 Å². The minimum atomic E-state index is -0.502. The van der Waals surface area contributed by atoms with Gasteiger partial charge in [-0.1, -0.05) is 36.9 Å². The Kier molecular flexibility index (Phi) is 3.10. The van der Waals surface area contributed by atoms with E-state index < -0.39 is 5.97 Å². The van der Waals surface area contributed by atoms with Crippen LogP contribution in [0.3, 0.4) is 0 Å². The molecular weight excluding hydrogens is 216 g/mol. The second-order valence-corrected chi connectivity index (χ2v) is 3.60. The Hall–Kier alpha value is -2.29. The van der Waals surface area contributed by atoms with Gasteiger partial charge in [0.05, 0.1) is 0 Å². The summed E-state index contributed by atoms with van der Waals surface area (Å²) in [6.45, 7) is 3.36. The predicted molar refractivity (Wildman–Crippen MR) is 65.6 cm³/mol. The van der Waals surface area contributed by atoms with Crippen molar-refractivity contribution in [3.05, 3.63) is 54.6 Å². The van der Waals surface area contributed by atoms with Gasteiger partial charge in [-0.3, -0.25) is 0 Å². The lowest BCUT2D eigenvalue weighted by Gasteiger charge is -2.08. The molecule has 0 aromatic heterocycles. The maximum atomic E-state index is 11.0. The zero-order chi connectivity index (χ0) is 12.3. The molecule has 0 fully saturated rings. The molecule has 0 bridgehead atoms. The summed E-state index contributed by atoms with van der Waals surface area (Å²) in [6, 6.07) is 11.0. The van der Waals surface area contributed by atoms with Gasteiger partial charge in [0.2, 0.25) is 0 Å². The summed E-state index contributed by atoms with van der Waals surface area (Å²) in [7, 11) is 0. The molecule has 0 saturated heterocycles. The van der Waals surface area contributed by atoms with E-state index in [1.807, 2.05) is 30.3 Å². The predicted octanol–water partition coefficient (Wildman–Crippen LogP) is 2.77. The molecule has 0 heterocycles. The highest BCUT2D eigenvalue weighted by Crippen LogP contribution is 2.27. The topological polar surface area (TPSA) is 46.5 Å². The van der Waals surface area contributed by atoms with Crippen molar-refractivity contribution in [2.24, 2.45) is 0 Å². The Labute approximate surface area is 99.0 Å². The number of rotatable bonds is 3. The van der Waals surface area contributed by atoms with E-state index in [1.165, 1.54) is 0 Å². The normalized spacial score (nSPS) is 10.1. The van der Waals surface area contributed by atoms with Gasteiger partial charge < -0.3 is 9.84 Å². The van der Waals surface area contributed by atoms with E-state index in [4.69, 9.17) is 4.74 Å². The summed E-state index contributed by atoms with van der Waals surface area (Å²) in [5.41, 5.74) is 0.610. The molecule has 0 aliphatic heterocycles. The number of benzene rings is 2. The molecule has 0 spiro atoms. The molecule has 86 valence electrons. The van der Waals surface area contributed by atoms with Crippen LogP contribution in [0.15, 0.2) is 49.1 Å². The molecule has 0 aliphatic carbocycles. The van der Waals surface area contributed by atoms with Crippen molar-refractivity contribution in [1.29, 1.82) is 0 Å². The number of ether oxygens (including phenoxy) is 1. The molecule has 0 amide bonds. The lowest BCUT2D eigenvalue weighted by Crippen LogP contribution is -2.01. The molecule has 0 radical (unpaired) electrons. The molecule has 0 saturated carbocycles. The third kappa shape index (κ3) is 2.28. The van der Waals surface area contributed by atoms with Crippen molar-refractivity contribution < 1.29 is 14.6 Å². The molecule has 0 unspecified atom stereocenters. The molecule has 3 heteroatoms. The summed E-state index contributed by atoms with van der Waals surface area (Å²) >= 11 is 0. The molecule has 1 N–H and O–H groups in total. The summed E-state index contributed by atoms with van der Waals surface area (Å²) in [4.78, 5) is 11.0. The number of aromatic hydroxyl groups is 1. The monoisotopic (exact) mass is 228 g/mol. The van der Waals surface area contributed by atoms with Crippen LogP contribution in [0.5, 0.6) is 5.75 Å². The summed E-state index contributed by atoms with van der Waals surface area (Å²) in [5, 5.41) is 11.7. The first kappa shape index (κ1) is 11.2. The Morgan fingerprint density at radius 1 is 1.29 bits per heavy atom. The van der Waals surface area contributed by atoms with Gasteiger partial charge in [0.15, 0.2) is 0 Å². The van der Waals surface area contributed by atoms with Crippen molar-refractivity contribution in [1.82, 2.24) is 0 Å². The van der Waals surface area contributed by atoms with Crippen LogP contribution in [0.25, 0.3) is 10.8 Å². The summed E-state index contributed by atoms with van der Waals surface area (Å²) < 4.78 is 4.95. The number of carbonyl (C=O) groups is 1. The number of carbonyl (C=O) groups excluding carboxylic acids is 1. The smallest absolute Gasteiger partial charge is 0.330 e. The van der Waals surface area contributed by atoms with E-state index in [-0.39, 0.29) is 12.4 Å². The summed E-state index contributed by atoms with van der Waals surface area (Å²) in [6.07, 6.45) is 1.10. The lowest BCUT2D eigenvalue weighted by atomic mass is 10.0. The molecule has 2 aromatic carbocycles. The van der Waals surface area contributed by atoms with E-state index in [2.05, 4.69) is 6.58 Å². The van der Waals surface area contributed by atoms with E-state index >= 15 is 0 Å². The quantitative estimate of drug-likeness (QED) is 0.649. The molecule has 2 rings (SSSR count). The van der Waals surface area contributed by atoms with Crippen LogP contribution < -0.4 is 0 Å². The minimum Gasteiger partial charge on any atom is -0.508 e. The van der Waals surface area contributed by atoms with Gasteiger partial charge in [-0.05, 0) is 16.8 Å². The SMILES string of the molecule is C=CC(=O)OCc1c(O)ccc2ccccc12. The molecule has 17 heavy (non-hydrogen) atoms. The van der Waals surface area contributed by atoms with Gasteiger partial charge in [0.25, 0.3) is 0 Å². The molecule has 2 aromatic rings. The third-order valence-electron chi connectivity index (χ3n) is 2.54. The number of hydrogen-bond acceptors (Lipinski definition) is 3. The van der Waals surface area contributed by atoms with Gasteiger partial charge >= 0.3 is 5.97 Å². The highest BCUT2D eigenvalue weighted by atomic mass is 16.5. The standard InChI is InChI=1S/C14H12O3/c1-2-14(16)17-9-12-11-6-4-3-5-10(11)7-8-13(12)15/h2-8,15H,1,9H2. The maximum Gasteiger partial charge on any atom is 0.330 e. The van der Waals surface area contributed by atoms with Crippen LogP contribution in [0.2, 0.25) is 0 Å². The van der Waals surface area contributed by atoms with Crippen LogP contribution in [0.4, 0.5) is 0 Å². The second-order valence-electron chi connectivity index (χ2n) is 3.60. The first-order valence-electron chi connectivity index (χ1n) is 5.21. The van der Waals surface area contributed by atoms with Crippen LogP contribution >= 0.6 is 0 Å². The number of phenols is 1. The number of phenolic OH excluding ortho intramolecular Hbond substituents is 1. The van der Waals surface area contributed by atoms with Crippen LogP contribution in [-0.4, -0.2) is 11.1 Å². The fourth-order valence-electron chi connectivity index (χ4n) is 1.68. The minimum absolute atomic E-state index is 0.0397. The average molecular weight is 228 g/mol. The van der Waals surface area contributed by atoms with Crippen LogP contribution in [0.1, 0.15) is 5.56 Å². The number of hydrogen-bond donors (Lipinski definition) is 1. The first-order chi connectivity index (χ1) is 8.22. The second kappa shape index (κ2) is 4.70. The van der Waals surface area contributed by atoms with Gasteiger partial charge in [0.1, 0.15) is 12.4 Å². The van der Waals surface area contributed by atoms with Gasteiger partial charge in [0, 0.05) is 11.6 Å². The first-order valence-corrected chi connectivity index (χ1v) is 5.21. The van der Waals surface area contributed by atoms with Crippen LogP contribution in [-0.2, 0) is 16.1 Å². The fraction of sp³-hybridized carbons (Fsp3) is 0.0714. The van der Waals surface area contributed by atoms with Gasteiger partial charge in [-0.15, -0.1) is 0 Å². The van der Waals surface area contributed by atoms with Crippen molar-refractivity contribution in [2.75, 3.05) is 0 Å². The lowest BCUT2D eigenvalue weighted by molar-refractivity contribution is -0.138. The van der Waals surface area contributed by atoms with Gasteiger partial charge in [-0.25, -0.2) is 4.79 Å². The van der Waals surface area contributed by atoms with Gasteiger partial charge in [-0.2, -0.15) is 0 Å². The number of esters is 1. The van der Waals surface area contributed by atoms with E-state index in [0.29, 0.717) is 5.56 Å². The highest BCUT2D eigenvalue weighted by molar-refractivity contribution is 5.88. The van der Waals surface area contributed by atoms with E-state index in [1.54, 1.807) is 6.07 Å². The molecule has 3 nitrogen and oxygen atoms in total. The Morgan fingerprint density at radius 2 is 2.06 bits per heavy atom. The third-order valence-corrected chi connectivity index (χ3v) is 2.54. The van der Waals surface area contributed by atoms with Crippen molar-refractivity contribution in [2.45, 2.75) is 6.61 Å². The Morgan fingerprint density at radius 3 is 2.82 bits per heavy atom. The zero-order valence-electron chi connectivity index (χ0n) is 9.22. The van der Waals surface area contributed by atoms with Crippen molar-refractivity contribution in [3.63, 3.8) is 0 Å². The summed E-state index contributed by atoms with van der Waals surface area (Å²) in [5.74, 6) is -0.377. The largest absolute Gasteiger partial charge is 0.508 e. The fourth-order valence-corrected chi connectivity index (χ4v) is 1.68.